The Morgan fingerprint density at radius 1 is 1.29 bits per heavy atom. The molecule has 1 aromatic carbocycles. The Labute approximate surface area is 134 Å². The molecule has 116 valence electrons. The Hall–Kier alpha value is -1.24. The van der Waals surface area contributed by atoms with E-state index in [9.17, 15) is 9.59 Å². The van der Waals surface area contributed by atoms with Crippen LogP contribution in [0.2, 0.25) is 0 Å². The van der Waals surface area contributed by atoms with Gasteiger partial charge in [0.2, 0.25) is 11.8 Å². The number of benzene rings is 1. The molecular formula is C14H20ClN3O2S. The third-order valence-electron chi connectivity index (χ3n) is 2.95. The first kappa shape index (κ1) is 17.8. The molecule has 0 radical (unpaired) electrons. The molecule has 1 aliphatic rings. The van der Waals surface area contributed by atoms with E-state index in [2.05, 4.69) is 10.6 Å². The predicted molar refractivity (Wildman–Crippen MR) is 87.8 cm³/mol. The summed E-state index contributed by atoms with van der Waals surface area (Å²) in [4.78, 5) is 23.5. The number of hydrogen-bond acceptors (Lipinski definition) is 4. The average Bonchev–Trinajstić information content (AvgIpc) is 3.22. The van der Waals surface area contributed by atoms with Crippen molar-refractivity contribution in [2.45, 2.75) is 17.7 Å². The van der Waals surface area contributed by atoms with E-state index in [0.717, 1.165) is 23.0 Å². The molecule has 5 nitrogen and oxygen atoms in total. The van der Waals surface area contributed by atoms with Gasteiger partial charge in [-0.15, -0.1) is 24.2 Å². The highest BCUT2D eigenvalue weighted by Gasteiger charge is 2.20. The van der Waals surface area contributed by atoms with Crippen LogP contribution in [0.15, 0.2) is 29.2 Å². The fraction of sp³-hybridized carbons (Fsp3) is 0.429. The van der Waals surface area contributed by atoms with Crippen molar-refractivity contribution in [1.29, 1.82) is 0 Å². The summed E-state index contributed by atoms with van der Waals surface area (Å²) in [6.45, 7) is 1.22. The van der Waals surface area contributed by atoms with Gasteiger partial charge in [-0.05, 0) is 37.4 Å². The number of halogens is 1. The zero-order valence-electron chi connectivity index (χ0n) is 11.6. The molecule has 2 amide bonds. The maximum Gasteiger partial charge on any atom is 0.238 e. The molecule has 21 heavy (non-hydrogen) atoms. The van der Waals surface area contributed by atoms with Gasteiger partial charge in [0.25, 0.3) is 0 Å². The standard InChI is InChI=1S/C14H19N3O2S.ClH/c15-13(18)9-20-12-4-2-1-3-11(12)17-14(19)8-16-7-10-5-6-10;/h1-4,10,16H,5-9H2,(H2,15,18)(H,17,19);1H. The summed E-state index contributed by atoms with van der Waals surface area (Å²) in [5, 5.41) is 6.00. The lowest BCUT2D eigenvalue weighted by atomic mass is 10.3. The minimum Gasteiger partial charge on any atom is -0.369 e. The van der Waals surface area contributed by atoms with E-state index in [1.165, 1.54) is 24.6 Å². The largest absolute Gasteiger partial charge is 0.369 e. The normalized spacial score (nSPS) is 13.3. The second-order valence-electron chi connectivity index (χ2n) is 4.87. The Kier molecular flexibility index (Phi) is 7.56. The quantitative estimate of drug-likeness (QED) is 0.633. The number of amides is 2. The molecule has 0 unspecified atom stereocenters. The zero-order chi connectivity index (χ0) is 14.4. The monoisotopic (exact) mass is 329 g/mol. The van der Waals surface area contributed by atoms with Crippen LogP contribution in [0, 0.1) is 5.92 Å². The van der Waals surface area contributed by atoms with Crippen molar-refractivity contribution in [3.63, 3.8) is 0 Å². The Bertz CT molecular complexity index is 495. The Balaban J connectivity index is 0.00000220. The molecule has 0 atom stereocenters. The molecule has 1 fully saturated rings. The SMILES string of the molecule is Cl.NC(=O)CSc1ccccc1NC(=O)CNCC1CC1. The van der Waals surface area contributed by atoms with Gasteiger partial charge in [0.1, 0.15) is 0 Å². The van der Waals surface area contributed by atoms with E-state index >= 15 is 0 Å². The predicted octanol–water partition coefficient (Wildman–Crippen LogP) is 1.62. The van der Waals surface area contributed by atoms with Crippen molar-refractivity contribution < 1.29 is 9.59 Å². The molecule has 4 N–H and O–H groups in total. The van der Waals surface area contributed by atoms with E-state index < -0.39 is 0 Å². The number of primary amides is 1. The molecule has 1 aromatic rings. The van der Waals surface area contributed by atoms with Gasteiger partial charge in [-0.1, -0.05) is 12.1 Å². The molecule has 0 saturated heterocycles. The van der Waals surface area contributed by atoms with Crippen molar-refractivity contribution in [1.82, 2.24) is 5.32 Å². The van der Waals surface area contributed by atoms with Gasteiger partial charge >= 0.3 is 0 Å². The third-order valence-corrected chi connectivity index (χ3v) is 4.04. The van der Waals surface area contributed by atoms with Crippen molar-refractivity contribution in [2.75, 3.05) is 24.2 Å². The number of para-hydroxylation sites is 1. The number of nitrogens with two attached hydrogens (primary N) is 1. The number of rotatable bonds is 8. The van der Waals surface area contributed by atoms with Gasteiger partial charge in [-0.2, -0.15) is 0 Å². The summed E-state index contributed by atoms with van der Waals surface area (Å²) < 4.78 is 0. The number of anilines is 1. The van der Waals surface area contributed by atoms with Crippen LogP contribution in [0.25, 0.3) is 0 Å². The van der Waals surface area contributed by atoms with E-state index in [4.69, 9.17) is 5.73 Å². The average molecular weight is 330 g/mol. The Morgan fingerprint density at radius 3 is 2.67 bits per heavy atom. The van der Waals surface area contributed by atoms with Gasteiger partial charge in [-0.3, -0.25) is 9.59 Å². The highest BCUT2D eigenvalue weighted by Crippen LogP contribution is 2.28. The van der Waals surface area contributed by atoms with Gasteiger partial charge in [0, 0.05) is 4.90 Å². The number of hydrogen-bond donors (Lipinski definition) is 3. The van der Waals surface area contributed by atoms with Gasteiger partial charge in [-0.25, -0.2) is 0 Å². The van der Waals surface area contributed by atoms with Gasteiger partial charge < -0.3 is 16.4 Å². The number of carbonyl (C=O) groups excluding carboxylic acids is 2. The first-order valence-corrected chi connectivity index (χ1v) is 7.64. The van der Waals surface area contributed by atoms with E-state index in [-0.39, 0.29) is 30.0 Å². The highest BCUT2D eigenvalue weighted by atomic mass is 35.5. The smallest absolute Gasteiger partial charge is 0.238 e. The van der Waals surface area contributed by atoms with E-state index in [1.807, 2.05) is 24.3 Å². The second kappa shape index (κ2) is 8.92. The molecule has 2 rings (SSSR count). The topological polar surface area (TPSA) is 84.2 Å². The van der Waals surface area contributed by atoms with Crippen LogP contribution < -0.4 is 16.4 Å². The summed E-state index contributed by atoms with van der Waals surface area (Å²) in [7, 11) is 0. The maximum absolute atomic E-state index is 11.8. The lowest BCUT2D eigenvalue weighted by Gasteiger charge is -2.10. The van der Waals surface area contributed by atoms with Crippen LogP contribution in [0.1, 0.15) is 12.8 Å². The fourth-order valence-electron chi connectivity index (χ4n) is 1.75. The molecule has 0 bridgehead atoms. The van der Waals surface area contributed by atoms with E-state index in [1.54, 1.807) is 0 Å². The molecule has 0 aliphatic heterocycles. The second-order valence-corrected chi connectivity index (χ2v) is 5.89. The van der Waals surface area contributed by atoms with Crippen LogP contribution in [0.5, 0.6) is 0 Å². The lowest BCUT2D eigenvalue weighted by molar-refractivity contribution is -0.116. The van der Waals surface area contributed by atoms with Crippen molar-refractivity contribution in [3.8, 4) is 0 Å². The van der Waals surface area contributed by atoms with Crippen LogP contribution in [-0.2, 0) is 9.59 Å². The van der Waals surface area contributed by atoms with Crippen LogP contribution in [0.4, 0.5) is 5.69 Å². The molecule has 7 heteroatoms. The molecule has 1 aliphatic carbocycles. The first-order chi connectivity index (χ1) is 9.65. The van der Waals surface area contributed by atoms with Crippen molar-refractivity contribution in [3.05, 3.63) is 24.3 Å². The third kappa shape index (κ3) is 6.84. The molecule has 0 aromatic heterocycles. The fourth-order valence-corrected chi connectivity index (χ4v) is 2.50. The Morgan fingerprint density at radius 2 is 2.00 bits per heavy atom. The number of nitrogens with one attached hydrogen (secondary N) is 2. The molecule has 1 saturated carbocycles. The summed E-state index contributed by atoms with van der Waals surface area (Å²) in [5.41, 5.74) is 5.85. The zero-order valence-corrected chi connectivity index (χ0v) is 13.3. The summed E-state index contributed by atoms with van der Waals surface area (Å²) in [6, 6.07) is 7.40. The highest BCUT2D eigenvalue weighted by molar-refractivity contribution is 8.00. The van der Waals surface area contributed by atoms with E-state index in [0.29, 0.717) is 6.54 Å². The summed E-state index contributed by atoms with van der Waals surface area (Å²) >= 11 is 1.33. The van der Waals surface area contributed by atoms with Crippen molar-refractivity contribution in [2.24, 2.45) is 11.7 Å². The maximum atomic E-state index is 11.8. The molecule has 0 spiro atoms. The molecular weight excluding hydrogens is 310 g/mol. The van der Waals surface area contributed by atoms with Crippen LogP contribution in [0.3, 0.4) is 0 Å². The summed E-state index contributed by atoms with van der Waals surface area (Å²) in [5.74, 6) is 0.508. The summed E-state index contributed by atoms with van der Waals surface area (Å²) in [6.07, 6.45) is 2.53. The van der Waals surface area contributed by atoms with Crippen molar-refractivity contribution >= 4 is 41.7 Å². The van der Waals surface area contributed by atoms with Gasteiger partial charge in [0.15, 0.2) is 0 Å². The number of thioether (sulfide) groups is 1. The minimum absolute atomic E-state index is 0. The first-order valence-electron chi connectivity index (χ1n) is 6.66. The molecule has 0 heterocycles. The van der Waals surface area contributed by atoms with Gasteiger partial charge in [0.05, 0.1) is 18.0 Å². The minimum atomic E-state index is -0.373. The van der Waals surface area contributed by atoms with Crippen LogP contribution >= 0.6 is 24.2 Å². The lowest BCUT2D eigenvalue weighted by Crippen LogP contribution is -2.29. The van der Waals surface area contributed by atoms with Crippen LogP contribution in [-0.4, -0.2) is 30.7 Å². The number of carbonyl (C=O) groups is 2.